The summed E-state index contributed by atoms with van der Waals surface area (Å²) in [5.74, 6) is 1.11. The SMILES string of the molecule is CC(CN1CCOC(c2csc(C(F)(F)F)n2)C1)c1ccc(OCCCCCCO)cc1. The molecule has 178 valence electrons. The van der Waals surface area contributed by atoms with Crippen molar-refractivity contribution in [1.82, 2.24) is 9.88 Å². The van der Waals surface area contributed by atoms with Gasteiger partial charge in [-0.1, -0.05) is 25.5 Å². The maximum atomic E-state index is 12.8. The number of ether oxygens (including phenoxy) is 2. The van der Waals surface area contributed by atoms with E-state index in [1.54, 1.807) is 0 Å². The van der Waals surface area contributed by atoms with Crippen molar-refractivity contribution in [2.45, 2.75) is 50.8 Å². The molecule has 2 atom stereocenters. The lowest BCUT2D eigenvalue weighted by atomic mass is 10.00. The van der Waals surface area contributed by atoms with Crippen molar-refractivity contribution in [2.75, 3.05) is 39.5 Å². The van der Waals surface area contributed by atoms with Gasteiger partial charge in [0.05, 0.1) is 18.9 Å². The van der Waals surface area contributed by atoms with Gasteiger partial charge in [0.25, 0.3) is 0 Å². The van der Waals surface area contributed by atoms with Crippen molar-refractivity contribution in [2.24, 2.45) is 0 Å². The van der Waals surface area contributed by atoms with Crippen LogP contribution in [-0.2, 0) is 10.9 Å². The minimum atomic E-state index is -4.42. The van der Waals surface area contributed by atoms with Crippen LogP contribution >= 0.6 is 11.3 Å². The number of alkyl halides is 3. The fourth-order valence-corrected chi connectivity index (χ4v) is 4.48. The van der Waals surface area contributed by atoms with Crippen LogP contribution in [0.25, 0.3) is 0 Å². The second-order valence-corrected chi connectivity index (χ2v) is 9.01. The first-order valence-electron chi connectivity index (χ1n) is 11.1. The topological polar surface area (TPSA) is 54.8 Å². The number of aliphatic hydroxyl groups excluding tert-OH is 1. The van der Waals surface area contributed by atoms with Gasteiger partial charge in [-0.15, -0.1) is 11.3 Å². The van der Waals surface area contributed by atoms with Crippen LogP contribution in [0.3, 0.4) is 0 Å². The Morgan fingerprint density at radius 3 is 2.66 bits per heavy atom. The molecule has 3 rings (SSSR count). The second-order valence-electron chi connectivity index (χ2n) is 8.15. The number of thiazole rings is 1. The first-order chi connectivity index (χ1) is 15.4. The zero-order valence-corrected chi connectivity index (χ0v) is 19.1. The standard InChI is InChI=1S/C23H31F3N2O3S/c1-17(18-6-8-19(9-7-18)30-12-5-3-2-4-11-29)14-28-10-13-31-21(15-28)20-16-32-22(27-20)23(24,25)26/h6-9,16-17,21,29H,2-5,10-15H2,1H3. The van der Waals surface area contributed by atoms with E-state index in [-0.39, 0.29) is 12.5 Å². The number of unbranched alkanes of at least 4 members (excludes halogenated alkanes) is 3. The van der Waals surface area contributed by atoms with Crippen LogP contribution in [0, 0.1) is 0 Å². The van der Waals surface area contributed by atoms with Gasteiger partial charge in [-0.25, -0.2) is 4.98 Å². The average molecular weight is 473 g/mol. The highest BCUT2D eigenvalue weighted by Crippen LogP contribution is 2.34. The lowest BCUT2D eigenvalue weighted by molar-refractivity contribution is -0.138. The largest absolute Gasteiger partial charge is 0.494 e. The highest BCUT2D eigenvalue weighted by atomic mass is 32.1. The van der Waals surface area contributed by atoms with Crippen LogP contribution < -0.4 is 4.74 Å². The van der Waals surface area contributed by atoms with Gasteiger partial charge in [-0.05, 0) is 42.9 Å². The molecule has 0 amide bonds. The zero-order chi connectivity index (χ0) is 23.0. The van der Waals surface area contributed by atoms with E-state index in [4.69, 9.17) is 14.6 Å². The molecule has 0 bridgehead atoms. The summed E-state index contributed by atoms with van der Waals surface area (Å²) in [7, 11) is 0. The van der Waals surface area contributed by atoms with Crippen molar-refractivity contribution in [3.05, 3.63) is 45.9 Å². The lowest BCUT2D eigenvalue weighted by Gasteiger charge is -2.34. The monoisotopic (exact) mass is 472 g/mol. The van der Waals surface area contributed by atoms with Gasteiger partial charge < -0.3 is 14.6 Å². The van der Waals surface area contributed by atoms with Crippen molar-refractivity contribution in [3.63, 3.8) is 0 Å². The highest BCUT2D eigenvalue weighted by molar-refractivity contribution is 7.09. The Labute approximate surface area is 191 Å². The molecule has 9 heteroatoms. The molecular formula is C23H31F3N2O3S. The third kappa shape index (κ3) is 7.43. The highest BCUT2D eigenvalue weighted by Gasteiger charge is 2.36. The Bertz CT molecular complexity index is 814. The average Bonchev–Trinajstić information content (AvgIpc) is 3.28. The summed E-state index contributed by atoms with van der Waals surface area (Å²) in [5.41, 5.74) is 1.55. The van der Waals surface area contributed by atoms with Gasteiger partial charge in [0.1, 0.15) is 11.9 Å². The second kappa shape index (κ2) is 12.0. The number of aliphatic hydroxyl groups is 1. The predicted molar refractivity (Wildman–Crippen MR) is 118 cm³/mol. The molecule has 1 saturated heterocycles. The summed E-state index contributed by atoms with van der Waals surface area (Å²) in [6.45, 7) is 5.60. The van der Waals surface area contributed by atoms with Crippen molar-refractivity contribution < 1.29 is 27.8 Å². The minimum Gasteiger partial charge on any atom is -0.494 e. The van der Waals surface area contributed by atoms with Crippen LogP contribution in [0.5, 0.6) is 5.75 Å². The maximum Gasteiger partial charge on any atom is 0.443 e. The molecule has 5 nitrogen and oxygen atoms in total. The van der Waals surface area contributed by atoms with E-state index in [1.165, 1.54) is 10.9 Å². The van der Waals surface area contributed by atoms with E-state index in [9.17, 15) is 13.2 Å². The number of hydrogen-bond acceptors (Lipinski definition) is 6. The van der Waals surface area contributed by atoms with Crippen molar-refractivity contribution >= 4 is 11.3 Å². The third-order valence-corrected chi connectivity index (χ3v) is 6.45. The summed E-state index contributed by atoms with van der Waals surface area (Å²) >= 11 is 0.617. The Morgan fingerprint density at radius 1 is 1.22 bits per heavy atom. The maximum absolute atomic E-state index is 12.8. The summed E-state index contributed by atoms with van der Waals surface area (Å²) in [6, 6.07) is 8.10. The predicted octanol–water partition coefficient (Wildman–Crippen LogP) is 5.27. The fourth-order valence-electron chi connectivity index (χ4n) is 3.75. The summed E-state index contributed by atoms with van der Waals surface area (Å²) in [4.78, 5) is 5.97. The Kier molecular flexibility index (Phi) is 9.34. The number of halogens is 3. The van der Waals surface area contributed by atoms with Gasteiger partial charge >= 0.3 is 6.18 Å². The first kappa shape index (κ1) is 25.0. The smallest absolute Gasteiger partial charge is 0.443 e. The quantitative estimate of drug-likeness (QED) is 0.452. The van der Waals surface area contributed by atoms with Crippen LogP contribution in [0.2, 0.25) is 0 Å². The van der Waals surface area contributed by atoms with Gasteiger partial charge in [0.2, 0.25) is 0 Å². The minimum absolute atomic E-state index is 0.246. The van der Waals surface area contributed by atoms with Crippen LogP contribution in [-0.4, -0.2) is 54.4 Å². The van der Waals surface area contributed by atoms with Gasteiger partial charge in [0.15, 0.2) is 5.01 Å². The molecule has 0 radical (unpaired) electrons. The molecule has 1 aromatic carbocycles. The van der Waals surface area contributed by atoms with E-state index in [0.717, 1.165) is 44.5 Å². The van der Waals surface area contributed by atoms with Crippen molar-refractivity contribution in [1.29, 1.82) is 0 Å². The molecule has 32 heavy (non-hydrogen) atoms. The molecular weight excluding hydrogens is 441 g/mol. The number of benzene rings is 1. The zero-order valence-electron chi connectivity index (χ0n) is 18.3. The number of rotatable bonds is 11. The van der Waals surface area contributed by atoms with E-state index in [0.29, 0.717) is 36.8 Å². The number of morpholine rings is 1. The van der Waals surface area contributed by atoms with Gasteiger partial charge in [-0.3, -0.25) is 4.90 Å². The summed E-state index contributed by atoms with van der Waals surface area (Å²) in [6.07, 6.45) is -0.966. The number of aromatic nitrogens is 1. The van der Waals surface area contributed by atoms with Gasteiger partial charge in [0, 0.05) is 31.6 Å². The molecule has 1 fully saturated rings. The molecule has 1 aromatic heterocycles. The van der Waals surface area contributed by atoms with E-state index < -0.39 is 17.3 Å². The molecule has 2 unspecified atom stereocenters. The molecule has 1 aliphatic heterocycles. The molecule has 1 N–H and O–H groups in total. The summed E-state index contributed by atoms with van der Waals surface area (Å²) < 4.78 is 50.0. The number of nitrogens with zero attached hydrogens (tertiary/aromatic N) is 2. The Hall–Kier alpha value is -1.68. The van der Waals surface area contributed by atoms with Crippen molar-refractivity contribution in [3.8, 4) is 5.75 Å². The Balaban J connectivity index is 1.46. The normalized spacial score (nSPS) is 18.6. The fraction of sp³-hybridized carbons (Fsp3) is 0.609. The molecule has 2 aromatic rings. The molecule has 0 aliphatic carbocycles. The lowest BCUT2D eigenvalue weighted by Crippen LogP contribution is -2.40. The first-order valence-corrected chi connectivity index (χ1v) is 11.9. The molecule has 2 heterocycles. The van der Waals surface area contributed by atoms with Crippen LogP contribution in [0.1, 0.15) is 60.9 Å². The van der Waals surface area contributed by atoms with Gasteiger partial charge in [-0.2, -0.15) is 13.2 Å². The van der Waals surface area contributed by atoms with Crippen LogP contribution in [0.4, 0.5) is 13.2 Å². The molecule has 0 spiro atoms. The summed E-state index contributed by atoms with van der Waals surface area (Å²) in [5, 5.41) is 9.41. The molecule has 1 aliphatic rings. The van der Waals surface area contributed by atoms with Crippen LogP contribution in [0.15, 0.2) is 29.6 Å². The third-order valence-electron chi connectivity index (χ3n) is 5.55. The molecule has 0 saturated carbocycles. The van der Waals surface area contributed by atoms with E-state index >= 15 is 0 Å². The Morgan fingerprint density at radius 2 is 1.97 bits per heavy atom. The van der Waals surface area contributed by atoms with E-state index in [2.05, 4.69) is 28.9 Å². The number of hydrogen-bond donors (Lipinski definition) is 1. The van der Waals surface area contributed by atoms with E-state index in [1.807, 2.05) is 12.1 Å².